The number of hydrogen-bond acceptors (Lipinski definition) is 3. The van der Waals surface area contributed by atoms with Crippen LogP contribution in [0.3, 0.4) is 0 Å². The fourth-order valence-electron chi connectivity index (χ4n) is 1.69. The first-order valence-corrected chi connectivity index (χ1v) is 6.39. The van der Waals surface area contributed by atoms with E-state index in [0.717, 1.165) is 37.8 Å². The number of nitrogens with one attached hydrogen (secondary N) is 1. The van der Waals surface area contributed by atoms with Crippen molar-refractivity contribution in [3.05, 3.63) is 12.2 Å². The van der Waals surface area contributed by atoms with Gasteiger partial charge in [0.1, 0.15) is 6.33 Å². The molecule has 4 heteroatoms. The van der Waals surface area contributed by atoms with Crippen molar-refractivity contribution in [2.75, 3.05) is 6.54 Å². The van der Waals surface area contributed by atoms with Gasteiger partial charge in [0.15, 0.2) is 5.82 Å². The second-order valence-corrected chi connectivity index (χ2v) is 4.24. The molecule has 0 atom stereocenters. The second kappa shape index (κ2) is 7.39. The Labute approximate surface area is 98.5 Å². The van der Waals surface area contributed by atoms with Crippen LogP contribution < -0.4 is 5.32 Å². The molecule has 0 aliphatic carbocycles. The van der Waals surface area contributed by atoms with Crippen LogP contribution in [0.4, 0.5) is 0 Å². The lowest BCUT2D eigenvalue weighted by Crippen LogP contribution is -2.15. The molecule has 0 amide bonds. The monoisotopic (exact) mass is 224 g/mol. The fourth-order valence-corrected chi connectivity index (χ4v) is 1.69. The standard InChI is InChI=1S/C12H24N4/c1-4-7-13-8-12-14-10-16(15-12)9-11(5-2)6-3/h10-11,13H,4-9H2,1-3H3. The molecule has 0 bridgehead atoms. The summed E-state index contributed by atoms with van der Waals surface area (Å²) < 4.78 is 1.97. The van der Waals surface area contributed by atoms with E-state index in [-0.39, 0.29) is 0 Å². The average Bonchev–Trinajstić information content (AvgIpc) is 2.74. The molecule has 16 heavy (non-hydrogen) atoms. The van der Waals surface area contributed by atoms with Crippen LogP contribution in [0, 0.1) is 5.92 Å². The molecule has 0 aromatic carbocycles. The highest BCUT2D eigenvalue weighted by atomic mass is 15.3. The summed E-state index contributed by atoms with van der Waals surface area (Å²) in [6.45, 7) is 9.42. The number of nitrogens with zero attached hydrogens (tertiary/aromatic N) is 3. The van der Waals surface area contributed by atoms with Gasteiger partial charge in [-0.05, 0) is 18.9 Å². The van der Waals surface area contributed by atoms with Crippen molar-refractivity contribution in [1.82, 2.24) is 20.1 Å². The Morgan fingerprint density at radius 1 is 1.31 bits per heavy atom. The van der Waals surface area contributed by atoms with Gasteiger partial charge in [-0.2, -0.15) is 5.10 Å². The molecule has 1 N–H and O–H groups in total. The van der Waals surface area contributed by atoms with Gasteiger partial charge >= 0.3 is 0 Å². The molecule has 1 heterocycles. The van der Waals surface area contributed by atoms with Gasteiger partial charge in [0.2, 0.25) is 0 Å². The zero-order chi connectivity index (χ0) is 11.8. The molecule has 0 unspecified atom stereocenters. The Bertz CT molecular complexity index is 278. The predicted molar refractivity (Wildman–Crippen MR) is 66.1 cm³/mol. The van der Waals surface area contributed by atoms with Crippen LogP contribution in [-0.2, 0) is 13.1 Å². The van der Waals surface area contributed by atoms with E-state index < -0.39 is 0 Å². The van der Waals surface area contributed by atoms with E-state index in [0.29, 0.717) is 0 Å². The third-order valence-corrected chi connectivity index (χ3v) is 2.89. The van der Waals surface area contributed by atoms with Gasteiger partial charge in [-0.3, -0.25) is 4.68 Å². The normalized spacial score (nSPS) is 11.2. The zero-order valence-corrected chi connectivity index (χ0v) is 10.7. The Morgan fingerprint density at radius 3 is 2.69 bits per heavy atom. The maximum absolute atomic E-state index is 4.46. The Hall–Kier alpha value is -0.900. The summed E-state index contributed by atoms with van der Waals surface area (Å²) in [5.41, 5.74) is 0. The summed E-state index contributed by atoms with van der Waals surface area (Å²) in [5, 5.41) is 7.77. The molecule has 0 fully saturated rings. The maximum Gasteiger partial charge on any atom is 0.164 e. The molecule has 0 spiro atoms. The molecule has 92 valence electrons. The molecule has 4 nitrogen and oxygen atoms in total. The zero-order valence-electron chi connectivity index (χ0n) is 10.7. The summed E-state index contributed by atoms with van der Waals surface area (Å²) >= 11 is 0. The van der Waals surface area contributed by atoms with Crippen molar-refractivity contribution in [3.8, 4) is 0 Å². The van der Waals surface area contributed by atoms with Gasteiger partial charge in [0, 0.05) is 6.54 Å². The number of aromatic nitrogens is 3. The number of rotatable bonds is 8. The summed E-state index contributed by atoms with van der Waals surface area (Å²) in [4.78, 5) is 4.30. The lowest BCUT2D eigenvalue weighted by molar-refractivity contribution is 0.393. The van der Waals surface area contributed by atoms with E-state index in [1.54, 1.807) is 0 Å². The van der Waals surface area contributed by atoms with E-state index in [2.05, 4.69) is 36.2 Å². The van der Waals surface area contributed by atoms with Crippen molar-refractivity contribution in [2.45, 2.75) is 53.1 Å². The smallest absolute Gasteiger partial charge is 0.164 e. The Morgan fingerprint density at radius 2 is 2.06 bits per heavy atom. The van der Waals surface area contributed by atoms with Crippen molar-refractivity contribution in [3.63, 3.8) is 0 Å². The summed E-state index contributed by atoms with van der Waals surface area (Å²) in [6, 6.07) is 0. The average molecular weight is 224 g/mol. The van der Waals surface area contributed by atoms with Crippen molar-refractivity contribution >= 4 is 0 Å². The highest BCUT2D eigenvalue weighted by Gasteiger charge is 2.06. The maximum atomic E-state index is 4.46. The largest absolute Gasteiger partial charge is 0.310 e. The first-order chi connectivity index (χ1) is 7.80. The number of hydrogen-bond donors (Lipinski definition) is 1. The fraction of sp³-hybridized carbons (Fsp3) is 0.833. The van der Waals surface area contributed by atoms with Crippen LogP contribution in [-0.4, -0.2) is 21.3 Å². The van der Waals surface area contributed by atoms with Crippen LogP contribution in [0.5, 0.6) is 0 Å². The highest BCUT2D eigenvalue weighted by Crippen LogP contribution is 2.09. The lowest BCUT2D eigenvalue weighted by Gasteiger charge is -2.10. The SMILES string of the molecule is CCCNCc1ncn(CC(CC)CC)n1. The van der Waals surface area contributed by atoms with Gasteiger partial charge in [-0.1, -0.05) is 33.6 Å². The van der Waals surface area contributed by atoms with E-state index in [1.807, 2.05) is 11.0 Å². The van der Waals surface area contributed by atoms with Crippen LogP contribution in [0.25, 0.3) is 0 Å². The highest BCUT2D eigenvalue weighted by molar-refractivity contribution is 4.81. The van der Waals surface area contributed by atoms with Crippen LogP contribution in [0.15, 0.2) is 6.33 Å². The molecule has 1 aromatic heterocycles. The van der Waals surface area contributed by atoms with Crippen molar-refractivity contribution in [1.29, 1.82) is 0 Å². The second-order valence-electron chi connectivity index (χ2n) is 4.24. The summed E-state index contributed by atoms with van der Waals surface area (Å²) in [5.74, 6) is 1.62. The van der Waals surface area contributed by atoms with Gasteiger partial charge in [-0.25, -0.2) is 4.98 Å². The molecule has 0 saturated heterocycles. The van der Waals surface area contributed by atoms with Crippen LogP contribution in [0.1, 0.15) is 45.9 Å². The molecule has 1 rings (SSSR count). The van der Waals surface area contributed by atoms with Crippen molar-refractivity contribution in [2.24, 2.45) is 5.92 Å². The van der Waals surface area contributed by atoms with Crippen molar-refractivity contribution < 1.29 is 0 Å². The van der Waals surface area contributed by atoms with Gasteiger partial charge in [-0.15, -0.1) is 0 Å². The van der Waals surface area contributed by atoms with E-state index >= 15 is 0 Å². The third-order valence-electron chi connectivity index (χ3n) is 2.89. The molecule has 0 aliphatic heterocycles. The predicted octanol–water partition coefficient (Wildman–Crippen LogP) is 2.21. The quantitative estimate of drug-likeness (QED) is 0.688. The summed E-state index contributed by atoms with van der Waals surface area (Å²) in [7, 11) is 0. The molecular weight excluding hydrogens is 200 g/mol. The Balaban J connectivity index is 2.38. The van der Waals surface area contributed by atoms with Gasteiger partial charge in [0.25, 0.3) is 0 Å². The Kier molecular flexibility index (Phi) is 6.08. The molecule has 0 saturated carbocycles. The van der Waals surface area contributed by atoms with Gasteiger partial charge < -0.3 is 5.32 Å². The van der Waals surface area contributed by atoms with Crippen LogP contribution >= 0.6 is 0 Å². The minimum Gasteiger partial charge on any atom is -0.310 e. The van der Waals surface area contributed by atoms with E-state index in [4.69, 9.17) is 0 Å². The van der Waals surface area contributed by atoms with E-state index in [9.17, 15) is 0 Å². The third kappa shape index (κ3) is 4.31. The van der Waals surface area contributed by atoms with E-state index in [1.165, 1.54) is 12.8 Å². The first-order valence-electron chi connectivity index (χ1n) is 6.39. The molecule has 0 radical (unpaired) electrons. The lowest BCUT2D eigenvalue weighted by atomic mass is 10.0. The van der Waals surface area contributed by atoms with Gasteiger partial charge in [0.05, 0.1) is 6.54 Å². The topological polar surface area (TPSA) is 42.7 Å². The molecule has 0 aliphatic rings. The summed E-state index contributed by atoms with van der Waals surface area (Å²) in [6.07, 6.45) is 5.41. The minimum atomic E-state index is 0.721. The molecular formula is C12H24N4. The minimum absolute atomic E-state index is 0.721. The molecule has 1 aromatic rings. The van der Waals surface area contributed by atoms with Crippen LogP contribution in [0.2, 0.25) is 0 Å². The first kappa shape index (κ1) is 13.2.